The summed E-state index contributed by atoms with van der Waals surface area (Å²) in [5.41, 5.74) is 3.55. The number of benzene rings is 1. The molecule has 0 radical (unpaired) electrons. The standard InChI is InChI=1S/C29H30N8O3S/c1-3-7-29(25(38)39)8-10-37(11-9-29)26-33-16-20(17-34-26)19-12-21(22-6-5-18(14-30)15-32-22)24-23(13-19)35-28(41-24)36-27(40)31-4-2/h5-6,12-13,15-17H,3-4,7-11H2,1-2H3,(H,38,39)(H2,31,35,36,40). The number of piperidine rings is 1. The van der Waals surface area contributed by atoms with Gasteiger partial charge in [-0.1, -0.05) is 24.7 Å². The minimum absolute atomic E-state index is 0.332. The van der Waals surface area contributed by atoms with Crippen molar-refractivity contribution >= 4 is 44.6 Å². The first-order valence-corrected chi connectivity index (χ1v) is 14.3. The lowest BCUT2D eigenvalue weighted by Gasteiger charge is -2.38. The number of hydrogen-bond donors (Lipinski definition) is 3. The minimum atomic E-state index is -0.718. The molecule has 12 heteroatoms. The van der Waals surface area contributed by atoms with Crippen molar-refractivity contribution in [2.24, 2.45) is 5.41 Å². The van der Waals surface area contributed by atoms with Crippen LogP contribution in [0, 0.1) is 16.7 Å². The maximum absolute atomic E-state index is 12.1. The van der Waals surface area contributed by atoms with Gasteiger partial charge in [-0.25, -0.2) is 19.7 Å². The zero-order chi connectivity index (χ0) is 29.0. The number of carbonyl (C=O) groups is 2. The number of aromatic nitrogens is 4. The fourth-order valence-electron chi connectivity index (χ4n) is 5.18. The van der Waals surface area contributed by atoms with Crippen molar-refractivity contribution in [1.82, 2.24) is 25.3 Å². The average Bonchev–Trinajstić information content (AvgIpc) is 3.39. The van der Waals surface area contributed by atoms with Gasteiger partial charge in [0.05, 0.1) is 26.9 Å². The van der Waals surface area contributed by atoms with Crippen LogP contribution in [0.5, 0.6) is 0 Å². The van der Waals surface area contributed by atoms with Crippen molar-refractivity contribution in [1.29, 1.82) is 5.26 Å². The summed E-state index contributed by atoms with van der Waals surface area (Å²) < 4.78 is 0.845. The first-order valence-electron chi connectivity index (χ1n) is 13.5. The lowest BCUT2D eigenvalue weighted by Crippen LogP contribution is -2.45. The van der Waals surface area contributed by atoms with E-state index in [0.717, 1.165) is 27.8 Å². The van der Waals surface area contributed by atoms with Gasteiger partial charge < -0.3 is 15.3 Å². The van der Waals surface area contributed by atoms with Crippen LogP contribution in [-0.4, -0.2) is 56.7 Å². The summed E-state index contributed by atoms with van der Waals surface area (Å²) in [6.45, 7) is 5.53. The molecule has 3 aromatic heterocycles. The molecule has 5 rings (SSSR count). The molecular weight excluding hydrogens is 540 g/mol. The van der Waals surface area contributed by atoms with E-state index < -0.39 is 11.4 Å². The van der Waals surface area contributed by atoms with Crippen LogP contribution in [-0.2, 0) is 4.79 Å². The Morgan fingerprint density at radius 3 is 2.46 bits per heavy atom. The Morgan fingerprint density at radius 1 is 1.10 bits per heavy atom. The van der Waals surface area contributed by atoms with E-state index in [2.05, 4.69) is 36.6 Å². The van der Waals surface area contributed by atoms with E-state index in [1.807, 2.05) is 30.9 Å². The summed E-state index contributed by atoms with van der Waals surface area (Å²) in [5, 5.41) is 25.0. The fraction of sp³-hybridized carbons (Fsp3) is 0.345. The van der Waals surface area contributed by atoms with Gasteiger partial charge in [0.1, 0.15) is 6.07 Å². The summed E-state index contributed by atoms with van der Waals surface area (Å²) in [6.07, 6.45) is 7.68. The molecule has 1 aliphatic heterocycles. The van der Waals surface area contributed by atoms with Crippen LogP contribution in [0.3, 0.4) is 0 Å². The predicted octanol–water partition coefficient (Wildman–Crippen LogP) is 5.30. The lowest BCUT2D eigenvalue weighted by molar-refractivity contribution is -0.150. The number of anilines is 2. The number of nitrogens with one attached hydrogen (secondary N) is 2. The molecule has 11 nitrogen and oxygen atoms in total. The Labute approximate surface area is 241 Å². The quantitative estimate of drug-likeness (QED) is 0.256. The van der Waals surface area contributed by atoms with Gasteiger partial charge in [-0.2, -0.15) is 5.26 Å². The number of carbonyl (C=O) groups excluding carboxylic acids is 1. The number of thiazole rings is 1. The number of rotatable bonds is 8. The van der Waals surface area contributed by atoms with E-state index in [0.29, 0.717) is 66.8 Å². The first kappa shape index (κ1) is 27.9. The highest BCUT2D eigenvalue weighted by Gasteiger charge is 2.41. The zero-order valence-electron chi connectivity index (χ0n) is 22.8. The third-order valence-electron chi connectivity index (χ3n) is 7.37. The largest absolute Gasteiger partial charge is 0.481 e. The second kappa shape index (κ2) is 11.9. The van der Waals surface area contributed by atoms with E-state index in [1.165, 1.54) is 17.5 Å². The topological polar surface area (TPSA) is 157 Å². The van der Waals surface area contributed by atoms with Crippen LogP contribution in [0.15, 0.2) is 42.9 Å². The summed E-state index contributed by atoms with van der Waals surface area (Å²) in [4.78, 5) is 44.5. The van der Waals surface area contributed by atoms with E-state index >= 15 is 0 Å². The SMILES string of the molecule is CCCC1(C(=O)O)CCN(c2ncc(-c3cc(-c4ccc(C#N)cn4)c4sc(NC(=O)NCC)nc4c3)cn2)CC1. The summed E-state index contributed by atoms with van der Waals surface area (Å²) in [5.74, 6) is -0.147. The summed E-state index contributed by atoms with van der Waals surface area (Å²) in [6, 6.07) is 9.17. The molecule has 0 atom stereocenters. The molecule has 1 aliphatic rings. The highest BCUT2D eigenvalue weighted by atomic mass is 32.1. The van der Waals surface area contributed by atoms with Crippen molar-refractivity contribution in [3.05, 3.63) is 48.4 Å². The molecule has 1 saturated heterocycles. The number of urea groups is 1. The van der Waals surface area contributed by atoms with Crippen molar-refractivity contribution in [2.45, 2.75) is 39.5 Å². The molecule has 41 heavy (non-hydrogen) atoms. The van der Waals surface area contributed by atoms with Gasteiger partial charge in [-0.05, 0) is 56.0 Å². The number of pyridine rings is 1. The number of carboxylic acids is 1. The van der Waals surface area contributed by atoms with Gasteiger partial charge in [0.15, 0.2) is 5.13 Å². The number of hydrogen-bond acceptors (Lipinski definition) is 9. The Morgan fingerprint density at radius 2 is 1.85 bits per heavy atom. The molecule has 2 amide bonds. The number of aliphatic carboxylic acids is 1. The Balaban J connectivity index is 1.45. The molecule has 3 N–H and O–H groups in total. The second-order valence-electron chi connectivity index (χ2n) is 10.0. The van der Waals surface area contributed by atoms with Crippen LogP contribution < -0.4 is 15.5 Å². The highest BCUT2D eigenvalue weighted by molar-refractivity contribution is 7.22. The number of nitriles is 1. The van der Waals surface area contributed by atoms with Crippen LogP contribution in [0.2, 0.25) is 0 Å². The van der Waals surface area contributed by atoms with Gasteiger partial charge in [0.2, 0.25) is 5.95 Å². The monoisotopic (exact) mass is 570 g/mol. The van der Waals surface area contributed by atoms with Crippen LogP contribution in [0.4, 0.5) is 15.9 Å². The molecule has 0 saturated carbocycles. The molecule has 210 valence electrons. The Bertz CT molecular complexity index is 1600. The molecule has 0 aliphatic carbocycles. The third kappa shape index (κ3) is 5.81. The second-order valence-corrected chi connectivity index (χ2v) is 11.0. The van der Waals surface area contributed by atoms with Gasteiger partial charge in [0.25, 0.3) is 0 Å². The van der Waals surface area contributed by atoms with E-state index in [1.54, 1.807) is 24.5 Å². The van der Waals surface area contributed by atoms with E-state index in [9.17, 15) is 20.0 Å². The number of fused-ring (bicyclic) bond motifs is 1. The van der Waals surface area contributed by atoms with Crippen molar-refractivity contribution in [3.8, 4) is 28.5 Å². The van der Waals surface area contributed by atoms with Crippen LogP contribution in [0.1, 0.15) is 45.1 Å². The van der Waals surface area contributed by atoms with Gasteiger partial charge in [0, 0.05) is 49.4 Å². The predicted molar refractivity (Wildman–Crippen MR) is 158 cm³/mol. The number of amides is 2. The molecule has 0 bridgehead atoms. The Kier molecular flexibility index (Phi) is 8.07. The van der Waals surface area contributed by atoms with Crippen molar-refractivity contribution in [2.75, 3.05) is 29.9 Å². The molecule has 4 heterocycles. The highest BCUT2D eigenvalue weighted by Crippen LogP contribution is 2.39. The van der Waals surface area contributed by atoms with Crippen molar-refractivity contribution in [3.63, 3.8) is 0 Å². The first-order chi connectivity index (χ1) is 19.9. The average molecular weight is 571 g/mol. The van der Waals surface area contributed by atoms with E-state index in [-0.39, 0.29) is 6.03 Å². The van der Waals surface area contributed by atoms with Gasteiger partial charge in [-0.15, -0.1) is 0 Å². The maximum Gasteiger partial charge on any atom is 0.321 e. The molecule has 0 spiro atoms. The summed E-state index contributed by atoms with van der Waals surface area (Å²) in [7, 11) is 0. The van der Waals surface area contributed by atoms with Gasteiger partial charge >= 0.3 is 12.0 Å². The van der Waals surface area contributed by atoms with Crippen molar-refractivity contribution < 1.29 is 14.7 Å². The number of nitrogens with zero attached hydrogens (tertiary/aromatic N) is 6. The molecule has 4 aromatic rings. The van der Waals surface area contributed by atoms with Crippen LogP contribution >= 0.6 is 11.3 Å². The van der Waals surface area contributed by atoms with Gasteiger partial charge in [-0.3, -0.25) is 15.1 Å². The lowest BCUT2D eigenvalue weighted by atomic mass is 9.75. The van der Waals surface area contributed by atoms with E-state index in [4.69, 9.17) is 0 Å². The molecule has 0 unspecified atom stereocenters. The summed E-state index contributed by atoms with van der Waals surface area (Å²) >= 11 is 1.35. The van der Waals surface area contributed by atoms with Crippen LogP contribution in [0.25, 0.3) is 32.6 Å². The number of carboxylic acid groups (broad SMARTS) is 1. The third-order valence-corrected chi connectivity index (χ3v) is 8.39. The Hall–Kier alpha value is -4.63. The maximum atomic E-state index is 12.1. The smallest absolute Gasteiger partial charge is 0.321 e. The molecule has 1 fully saturated rings. The fourth-order valence-corrected chi connectivity index (χ4v) is 6.15. The minimum Gasteiger partial charge on any atom is -0.481 e. The normalized spacial score (nSPS) is 14.4. The zero-order valence-corrected chi connectivity index (χ0v) is 23.7. The molecule has 1 aromatic carbocycles. The molecular formula is C29H30N8O3S.